The molecule has 0 aliphatic heterocycles. The van der Waals surface area contributed by atoms with Gasteiger partial charge in [0.1, 0.15) is 5.82 Å². The van der Waals surface area contributed by atoms with Gasteiger partial charge in [0, 0.05) is 19.3 Å². The van der Waals surface area contributed by atoms with E-state index in [1.165, 1.54) is 11.1 Å². The SMILES string of the molecule is COc1ccc(CCNc2nccc(NCc3ccc(C)cc3)n2)cc1OC. The van der Waals surface area contributed by atoms with E-state index < -0.39 is 0 Å². The molecule has 3 rings (SSSR count). The Bertz CT molecular complexity index is 897. The Morgan fingerprint density at radius 1 is 0.857 bits per heavy atom. The Labute approximate surface area is 166 Å². The van der Waals surface area contributed by atoms with E-state index in [4.69, 9.17) is 9.47 Å². The molecule has 0 bridgehead atoms. The Hall–Kier alpha value is -3.28. The van der Waals surface area contributed by atoms with Gasteiger partial charge in [0.25, 0.3) is 0 Å². The summed E-state index contributed by atoms with van der Waals surface area (Å²) in [4.78, 5) is 8.81. The van der Waals surface area contributed by atoms with Crippen LogP contribution in [0.1, 0.15) is 16.7 Å². The second-order valence-corrected chi connectivity index (χ2v) is 6.47. The van der Waals surface area contributed by atoms with Crippen molar-refractivity contribution in [3.8, 4) is 11.5 Å². The first-order valence-electron chi connectivity index (χ1n) is 9.25. The van der Waals surface area contributed by atoms with Crippen molar-refractivity contribution in [3.63, 3.8) is 0 Å². The fourth-order valence-corrected chi connectivity index (χ4v) is 2.80. The number of ether oxygens (including phenoxy) is 2. The highest BCUT2D eigenvalue weighted by Crippen LogP contribution is 2.27. The van der Waals surface area contributed by atoms with Crippen molar-refractivity contribution in [3.05, 3.63) is 71.4 Å². The van der Waals surface area contributed by atoms with Gasteiger partial charge in [0.15, 0.2) is 11.5 Å². The van der Waals surface area contributed by atoms with Crippen LogP contribution in [0.2, 0.25) is 0 Å². The van der Waals surface area contributed by atoms with Gasteiger partial charge in [-0.15, -0.1) is 0 Å². The van der Waals surface area contributed by atoms with E-state index in [1.807, 2.05) is 24.3 Å². The van der Waals surface area contributed by atoms with E-state index in [-0.39, 0.29) is 0 Å². The van der Waals surface area contributed by atoms with Gasteiger partial charge in [-0.05, 0) is 42.7 Å². The van der Waals surface area contributed by atoms with Crippen LogP contribution in [-0.4, -0.2) is 30.7 Å². The summed E-state index contributed by atoms with van der Waals surface area (Å²) in [6.45, 7) is 3.53. The minimum atomic E-state index is 0.606. The number of aromatic nitrogens is 2. The highest BCUT2D eigenvalue weighted by molar-refractivity contribution is 5.44. The number of benzene rings is 2. The van der Waals surface area contributed by atoms with E-state index >= 15 is 0 Å². The molecule has 28 heavy (non-hydrogen) atoms. The molecule has 1 heterocycles. The molecule has 0 unspecified atom stereocenters. The van der Waals surface area contributed by atoms with Crippen molar-refractivity contribution < 1.29 is 9.47 Å². The molecule has 1 aromatic heterocycles. The second kappa shape index (κ2) is 9.60. The number of aryl methyl sites for hydroxylation is 1. The summed E-state index contributed by atoms with van der Waals surface area (Å²) >= 11 is 0. The molecule has 0 atom stereocenters. The maximum absolute atomic E-state index is 5.35. The average Bonchev–Trinajstić information content (AvgIpc) is 2.73. The number of methoxy groups -OCH3 is 2. The molecule has 3 aromatic rings. The van der Waals surface area contributed by atoms with Gasteiger partial charge in [-0.25, -0.2) is 4.98 Å². The summed E-state index contributed by atoms with van der Waals surface area (Å²) in [5.41, 5.74) is 3.62. The summed E-state index contributed by atoms with van der Waals surface area (Å²) in [6, 6.07) is 16.3. The van der Waals surface area contributed by atoms with Crippen LogP contribution < -0.4 is 20.1 Å². The summed E-state index contributed by atoms with van der Waals surface area (Å²) < 4.78 is 10.6. The number of hydrogen-bond acceptors (Lipinski definition) is 6. The van der Waals surface area contributed by atoms with Crippen LogP contribution in [0.15, 0.2) is 54.7 Å². The van der Waals surface area contributed by atoms with Gasteiger partial charge in [-0.1, -0.05) is 35.9 Å². The third-order valence-electron chi connectivity index (χ3n) is 4.39. The largest absolute Gasteiger partial charge is 0.493 e. The van der Waals surface area contributed by atoms with Crippen LogP contribution in [0.4, 0.5) is 11.8 Å². The zero-order chi connectivity index (χ0) is 19.8. The monoisotopic (exact) mass is 378 g/mol. The van der Waals surface area contributed by atoms with Crippen LogP contribution in [0.5, 0.6) is 11.5 Å². The molecule has 0 saturated carbocycles. The van der Waals surface area contributed by atoms with E-state index in [0.717, 1.165) is 42.4 Å². The van der Waals surface area contributed by atoms with Crippen LogP contribution in [0, 0.1) is 6.92 Å². The lowest BCUT2D eigenvalue weighted by molar-refractivity contribution is 0.354. The average molecular weight is 378 g/mol. The first-order chi connectivity index (χ1) is 13.7. The Morgan fingerprint density at radius 3 is 2.36 bits per heavy atom. The lowest BCUT2D eigenvalue weighted by atomic mass is 10.1. The Balaban J connectivity index is 1.52. The minimum Gasteiger partial charge on any atom is -0.493 e. The van der Waals surface area contributed by atoms with Crippen molar-refractivity contribution >= 4 is 11.8 Å². The van der Waals surface area contributed by atoms with Crippen LogP contribution in [0.25, 0.3) is 0 Å². The standard InChI is InChI=1S/C22H26N4O2/c1-16-4-6-18(7-5-16)15-25-21-11-13-24-22(26-21)23-12-10-17-8-9-19(27-2)20(14-17)28-3/h4-9,11,13-14H,10,12,15H2,1-3H3,(H2,23,24,25,26). The molecule has 0 spiro atoms. The maximum atomic E-state index is 5.35. The molecule has 6 nitrogen and oxygen atoms in total. The first-order valence-corrected chi connectivity index (χ1v) is 9.25. The second-order valence-electron chi connectivity index (χ2n) is 6.47. The molecule has 0 amide bonds. The highest BCUT2D eigenvalue weighted by Gasteiger charge is 2.05. The third-order valence-corrected chi connectivity index (χ3v) is 4.39. The van der Waals surface area contributed by atoms with Crippen LogP contribution >= 0.6 is 0 Å². The highest BCUT2D eigenvalue weighted by atomic mass is 16.5. The minimum absolute atomic E-state index is 0.606. The van der Waals surface area contributed by atoms with E-state index in [0.29, 0.717) is 5.95 Å². The van der Waals surface area contributed by atoms with Gasteiger partial charge in [0.2, 0.25) is 5.95 Å². The van der Waals surface area contributed by atoms with Crippen LogP contribution in [0.3, 0.4) is 0 Å². The van der Waals surface area contributed by atoms with Crippen LogP contribution in [-0.2, 0) is 13.0 Å². The Kier molecular flexibility index (Phi) is 6.68. The summed E-state index contributed by atoms with van der Waals surface area (Å²) in [7, 11) is 3.28. The van der Waals surface area contributed by atoms with E-state index in [2.05, 4.69) is 51.8 Å². The molecular formula is C22H26N4O2. The third kappa shape index (κ3) is 5.36. The fraction of sp³-hybridized carbons (Fsp3) is 0.273. The normalized spacial score (nSPS) is 10.4. The van der Waals surface area contributed by atoms with Gasteiger partial charge >= 0.3 is 0 Å². The van der Waals surface area contributed by atoms with Gasteiger partial charge < -0.3 is 20.1 Å². The predicted octanol–water partition coefficient (Wildman–Crippen LogP) is 4.07. The number of nitrogens with one attached hydrogen (secondary N) is 2. The molecule has 0 fully saturated rings. The molecule has 0 saturated heterocycles. The van der Waals surface area contributed by atoms with Crippen molar-refractivity contribution in [2.45, 2.75) is 19.9 Å². The zero-order valence-electron chi connectivity index (χ0n) is 16.5. The van der Waals surface area contributed by atoms with Gasteiger partial charge in [-0.2, -0.15) is 4.98 Å². The molecule has 0 radical (unpaired) electrons. The van der Waals surface area contributed by atoms with Crippen molar-refractivity contribution in [2.75, 3.05) is 31.4 Å². The van der Waals surface area contributed by atoms with E-state index in [1.54, 1.807) is 20.4 Å². The molecule has 0 aliphatic rings. The Morgan fingerprint density at radius 2 is 1.61 bits per heavy atom. The summed E-state index contributed by atoms with van der Waals surface area (Å²) in [5, 5.41) is 6.61. The molecule has 0 aliphatic carbocycles. The van der Waals surface area contributed by atoms with E-state index in [9.17, 15) is 0 Å². The number of anilines is 2. The zero-order valence-corrected chi connectivity index (χ0v) is 16.5. The smallest absolute Gasteiger partial charge is 0.224 e. The van der Waals surface area contributed by atoms with Crippen molar-refractivity contribution in [2.24, 2.45) is 0 Å². The first kappa shape index (κ1) is 19.5. The number of rotatable bonds is 9. The molecule has 2 N–H and O–H groups in total. The topological polar surface area (TPSA) is 68.3 Å². The molecular weight excluding hydrogens is 352 g/mol. The quantitative estimate of drug-likeness (QED) is 0.585. The fourth-order valence-electron chi connectivity index (χ4n) is 2.80. The van der Waals surface area contributed by atoms with Gasteiger partial charge in [-0.3, -0.25) is 0 Å². The molecule has 2 aromatic carbocycles. The van der Waals surface area contributed by atoms with Crippen molar-refractivity contribution in [1.29, 1.82) is 0 Å². The maximum Gasteiger partial charge on any atom is 0.224 e. The van der Waals surface area contributed by atoms with Crippen molar-refractivity contribution in [1.82, 2.24) is 9.97 Å². The number of nitrogens with zero attached hydrogens (tertiary/aromatic N) is 2. The summed E-state index contributed by atoms with van der Waals surface area (Å²) in [5.74, 6) is 2.87. The lowest BCUT2D eigenvalue weighted by Crippen LogP contribution is -2.09. The molecule has 6 heteroatoms. The van der Waals surface area contributed by atoms with Gasteiger partial charge in [0.05, 0.1) is 14.2 Å². The summed E-state index contributed by atoms with van der Waals surface area (Å²) in [6.07, 6.45) is 2.58. The number of hydrogen-bond donors (Lipinski definition) is 2. The lowest BCUT2D eigenvalue weighted by Gasteiger charge is -2.11. The predicted molar refractivity (Wildman–Crippen MR) is 112 cm³/mol. The molecule has 146 valence electrons.